The van der Waals surface area contributed by atoms with Crippen molar-refractivity contribution in [1.82, 2.24) is 0 Å². The molecule has 0 radical (unpaired) electrons. The van der Waals surface area contributed by atoms with Gasteiger partial charge in [0.1, 0.15) is 5.69 Å². The fourth-order valence-electron chi connectivity index (χ4n) is 2.59. The van der Waals surface area contributed by atoms with Crippen LogP contribution in [0.1, 0.15) is 0 Å². The van der Waals surface area contributed by atoms with Gasteiger partial charge in [-0.25, -0.2) is 9.78 Å². The number of benzene rings is 3. The Kier molecular flexibility index (Phi) is 9.46. The van der Waals surface area contributed by atoms with Crippen LogP contribution >= 0.6 is 23.8 Å². The lowest BCUT2D eigenvalue weighted by Gasteiger charge is -2.05. The first-order chi connectivity index (χ1) is 15.9. The number of hydrogen-bond acceptors (Lipinski definition) is 11. The third kappa shape index (κ3) is 7.65. The van der Waals surface area contributed by atoms with Crippen LogP contribution < -0.4 is 0 Å². The molecule has 0 unspecified atom stereocenters. The minimum Gasteiger partial charge on any atom is -0.505 e. The second-order valence-electron chi connectivity index (χ2n) is 6.40. The predicted molar refractivity (Wildman–Crippen MR) is 125 cm³/mol. The average molecular weight is 513 g/mol. The summed E-state index contributed by atoms with van der Waals surface area (Å²) in [5.41, 5.74) is 0.754. The number of rotatable bonds is 12. The molecule has 0 atom stereocenters. The SMILES string of the molecule is O=S(=O)(O)c1ccc2c(O)c(N=Nc3ccc(SOOCCSCCOO)cc3)ccc2c1. The fraction of sp³-hybridized carbons (Fsp3) is 0.200. The molecular formula is C20H20N2O8S3. The number of nitrogens with zero attached hydrogens (tertiary/aromatic N) is 2. The zero-order valence-electron chi connectivity index (χ0n) is 17.0. The average Bonchev–Trinajstić information content (AvgIpc) is 2.80. The Bertz CT molecular complexity index is 1200. The molecule has 33 heavy (non-hydrogen) atoms. The maximum absolute atomic E-state index is 11.3. The Labute approximate surface area is 198 Å². The van der Waals surface area contributed by atoms with E-state index in [1.807, 2.05) is 0 Å². The van der Waals surface area contributed by atoms with E-state index < -0.39 is 10.1 Å². The van der Waals surface area contributed by atoms with Crippen molar-refractivity contribution < 1.29 is 37.4 Å². The van der Waals surface area contributed by atoms with Crippen LogP contribution in [0.5, 0.6) is 5.75 Å². The van der Waals surface area contributed by atoms with Crippen molar-refractivity contribution in [2.24, 2.45) is 10.2 Å². The first-order valence-electron chi connectivity index (χ1n) is 9.44. The van der Waals surface area contributed by atoms with E-state index in [4.69, 9.17) is 19.0 Å². The topological polar surface area (TPSA) is 147 Å². The van der Waals surface area contributed by atoms with Crippen molar-refractivity contribution in [3.8, 4) is 5.75 Å². The van der Waals surface area contributed by atoms with E-state index in [-0.39, 0.29) is 22.9 Å². The van der Waals surface area contributed by atoms with Crippen molar-refractivity contribution in [2.75, 3.05) is 24.7 Å². The van der Waals surface area contributed by atoms with Crippen molar-refractivity contribution in [3.63, 3.8) is 0 Å². The molecule has 10 nitrogen and oxygen atoms in total. The Hall–Kier alpha value is -2.23. The predicted octanol–water partition coefficient (Wildman–Crippen LogP) is 5.39. The van der Waals surface area contributed by atoms with Crippen LogP contribution in [0.2, 0.25) is 0 Å². The van der Waals surface area contributed by atoms with E-state index in [9.17, 15) is 13.5 Å². The number of hydrogen-bond donors (Lipinski definition) is 3. The van der Waals surface area contributed by atoms with Crippen LogP contribution in [0, 0.1) is 0 Å². The molecule has 0 bridgehead atoms. The molecule has 0 saturated carbocycles. The molecule has 0 aliphatic rings. The van der Waals surface area contributed by atoms with Crippen molar-refractivity contribution in [1.29, 1.82) is 0 Å². The van der Waals surface area contributed by atoms with Crippen molar-refractivity contribution in [3.05, 3.63) is 54.6 Å². The number of phenolic OH excluding ortho intramolecular Hbond substituents is 1. The Morgan fingerprint density at radius 3 is 2.42 bits per heavy atom. The second kappa shape index (κ2) is 12.3. The second-order valence-corrected chi connectivity index (χ2v) is 9.82. The number of thioether (sulfide) groups is 1. The summed E-state index contributed by atoms with van der Waals surface area (Å²) in [7, 11) is -4.34. The van der Waals surface area contributed by atoms with Crippen molar-refractivity contribution >= 4 is 56.1 Å². The highest BCUT2D eigenvalue weighted by molar-refractivity contribution is 7.99. The van der Waals surface area contributed by atoms with Gasteiger partial charge in [0.05, 0.1) is 35.8 Å². The van der Waals surface area contributed by atoms with Gasteiger partial charge in [0.2, 0.25) is 0 Å². The lowest BCUT2D eigenvalue weighted by Crippen LogP contribution is -1.98. The largest absolute Gasteiger partial charge is 0.505 e. The maximum Gasteiger partial charge on any atom is 0.294 e. The summed E-state index contributed by atoms with van der Waals surface area (Å²) in [5.74, 6) is 1.21. The zero-order valence-corrected chi connectivity index (χ0v) is 19.5. The lowest BCUT2D eigenvalue weighted by molar-refractivity contribution is -0.236. The first kappa shape index (κ1) is 25.4. The van der Waals surface area contributed by atoms with Crippen LogP contribution in [0.4, 0.5) is 11.4 Å². The Balaban J connectivity index is 1.56. The summed E-state index contributed by atoms with van der Waals surface area (Å²) in [4.78, 5) is 9.55. The maximum atomic E-state index is 11.3. The highest BCUT2D eigenvalue weighted by atomic mass is 32.2. The summed E-state index contributed by atoms with van der Waals surface area (Å²) < 4.78 is 36.8. The fourth-order valence-corrected chi connectivity index (χ4v) is 4.13. The summed E-state index contributed by atoms with van der Waals surface area (Å²) in [6, 6.07) is 13.9. The molecule has 176 valence electrons. The molecule has 0 heterocycles. The molecule has 3 aromatic carbocycles. The molecule has 0 aliphatic carbocycles. The van der Waals surface area contributed by atoms with Gasteiger partial charge in [-0.3, -0.25) is 9.81 Å². The molecule has 3 rings (SSSR count). The van der Waals surface area contributed by atoms with E-state index >= 15 is 0 Å². The van der Waals surface area contributed by atoms with Gasteiger partial charge in [0.15, 0.2) is 5.75 Å². The third-order valence-corrected chi connectivity index (χ3v) is 6.55. The summed E-state index contributed by atoms with van der Waals surface area (Å²) >= 11 is 2.61. The minimum atomic E-state index is -4.34. The molecule has 0 saturated heterocycles. The van der Waals surface area contributed by atoms with Gasteiger partial charge in [-0.1, -0.05) is 6.07 Å². The molecular weight excluding hydrogens is 492 g/mol. The van der Waals surface area contributed by atoms with E-state index in [2.05, 4.69) is 15.1 Å². The van der Waals surface area contributed by atoms with E-state index in [0.29, 0.717) is 34.6 Å². The lowest BCUT2D eigenvalue weighted by atomic mass is 10.1. The Morgan fingerprint density at radius 1 is 0.939 bits per heavy atom. The Morgan fingerprint density at radius 2 is 1.70 bits per heavy atom. The molecule has 0 spiro atoms. The van der Waals surface area contributed by atoms with Crippen LogP contribution in [0.25, 0.3) is 10.8 Å². The molecule has 0 aromatic heterocycles. The molecule has 3 aromatic rings. The van der Waals surface area contributed by atoms with Crippen molar-refractivity contribution in [2.45, 2.75) is 9.79 Å². The van der Waals surface area contributed by atoms with E-state index in [1.165, 1.54) is 24.3 Å². The zero-order chi connectivity index (χ0) is 23.7. The van der Waals surface area contributed by atoms with Gasteiger partial charge in [-0.2, -0.15) is 29.6 Å². The normalized spacial score (nSPS) is 12.1. The van der Waals surface area contributed by atoms with Gasteiger partial charge < -0.3 is 5.11 Å². The number of aromatic hydroxyl groups is 1. The summed E-state index contributed by atoms with van der Waals surface area (Å²) in [5, 5.41) is 27.6. The monoisotopic (exact) mass is 512 g/mol. The first-order valence-corrected chi connectivity index (χ1v) is 12.8. The summed E-state index contributed by atoms with van der Waals surface area (Å²) in [6.07, 6.45) is 0. The van der Waals surface area contributed by atoms with Gasteiger partial charge in [0, 0.05) is 21.8 Å². The number of fused-ring (bicyclic) bond motifs is 1. The third-order valence-electron chi connectivity index (χ3n) is 4.16. The molecule has 0 aliphatic heterocycles. The van der Waals surface area contributed by atoms with Crippen LogP contribution in [-0.4, -0.2) is 48.1 Å². The smallest absolute Gasteiger partial charge is 0.294 e. The van der Waals surface area contributed by atoms with Crippen LogP contribution in [-0.2, 0) is 24.2 Å². The van der Waals surface area contributed by atoms with Gasteiger partial charge in [-0.15, -0.1) is 5.11 Å². The molecule has 0 fully saturated rings. The van der Waals surface area contributed by atoms with Crippen LogP contribution in [0.15, 0.2) is 74.6 Å². The van der Waals surface area contributed by atoms with Crippen LogP contribution in [0.3, 0.4) is 0 Å². The molecule has 0 amide bonds. The van der Waals surface area contributed by atoms with Gasteiger partial charge >= 0.3 is 0 Å². The number of azo groups is 1. The highest BCUT2D eigenvalue weighted by Gasteiger charge is 2.12. The van der Waals surface area contributed by atoms with Gasteiger partial charge in [-0.05, 0) is 53.9 Å². The summed E-state index contributed by atoms with van der Waals surface area (Å²) in [6.45, 7) is 0.657. The van der Waals surface area contributed by atoms with Gasteiger partial charge in [0.25, 0.3) is 10.1 Å². The highest BCUT2D eigenvalue weighted by Crippen LogP contribution is 2.36. The van der Waals surface area contributed by atoms with E-state index in [0.717, 1.165) is 16.9 Å². The number of phenols is 1. The molecule has 3 N–H and O–H groups in total. The standard InChI is InChI=1S/C20H20N2O8S3/c23-20-18-7-6-17(33(25,26)27)13-14(18)1-8-19(20)22-21-15-2-4-16(5-3-15)32-30-29-10-12-31-11-9-28-24/h1-8,13,23-24H,9-12H2,(H,25,26,27). The quantitative estimate of drug-likeness (QED) is 0.0721. The molecule has 13 heteroatoms. The minimum absolute atomic E-state index is 0.155. The van der Waals surface area contributed by atoms with E-state index in [1.54, 1.807) is 42.1 Å².